The van der Waals surface area contributed by atoms with Crippen LogP contribution in [0.15, 0.2) is 24.3 Å². The van der Waals surface area contributed by atoms with Crippen molar-refractivity contribution in [3.8, 4) is 5.75 Å². The molecule has 0 radical (unpaired) electrons. The van der Waals surface area contributed by atoms with E-state index in [-0.39, 0.29) is 35.3 Å². The van der Waals surface area contributed by atoms with Crippen molar-refractivity contribution in [2.45, 2.75) is 6.18 Å². The summed E-state index contributed by atoms with van der Waals surface area (Å²) >= 11 is -0.588. The normalized spacial score (nSPS) is 10.5. The van der Waals surface area contributed by atoms with Gasteiger partial charge in [0.25, 0.3) is 0 Å². The Bertz CT molecular complexity index is 299. The van der Waals surface area contributed by atoms with E-state index in [0.717, 1.165) is 24.3 Å². The predicted molar refractivity (Wildman–Crippen MR) is 48.8 cm³/mol. The maximum absolute atomic E-state index is 12.0. The Morgan fingerprint density at radius 2 is 1.64 bits per heavy atom. The van der Waals surface area contributed by atoms with E-state index in [4.69, 9.17) is 0 Å². The first-order valence-electron chi connectivity index (χ1n) is 3.21. The Morgan fingerprint density at radius 1 is 1.14 bits per heavy atom. The molecule has 74 valence electrons. The van der Waals surface area contributed by atoms with E-state index in [9.17, 15) is 17.4 Å². The second kappa shape index (κ2) is 5.75. The molecular formula is C7H6F3NaO2S. The number of benzene rings is 1. The van der Waals surface area contributed by atoms with Crippen LogP contribution in [-0.4, -0.2) is 33.8 Å². The Kier molecular flexibility index (Phi) is 5.73. The molecule has 0 bridgehead atoms. The molecular weight excluding hydrogens is 228 g/mol. The van der Waals surface area contributed by atoms with Gasteiger partial charge in [-0.3, -0.25) is 0 Å². The third-order valence-electron chi connectivity index (χ3n) is 1.32. The molecule has 0 heterocycles. The molecule has 1 aromatic rings. The quantitative estimate of drug-likeness (QED) is 0.616. The van der Waals surface area contributed by atoms with Crippen LogP contribution in [0.4, 0.5) is 13.2 Å². The van der Waals surface area contributed by atoms with Gasteiger partial charge in [0.2, 0.25) is 0 Å². The van der Waals surface area contributed by atoms with Gasteiger partial charge in [0.1, 0.15) is 5.75 Å². The average molecular weight is 234 g/mol. The van der Waals surface area contributed by atoms with E-state index in [1.165, 1.54) is 0 Å². The Morgan fingerprint density at radius 3 is 2.00 bits per heavy atom. The SMILES string of the molecule is O=[SH]Oc1ccc(C(F)(F)F)cc1.[NaH]. The standard InChI is InChI=1S/C7H5F3O2S.Na.H/c8-7(9,10)5-1-3-6(4-2-5)12-13-11;;/h1-4,13H;;. The summed E-state index contributed by atoms with van der Waals surface area (Å²) < 4.78 is 50.3. The zero-order valence-electron chi connectivity index (χ0n) is 6.21. The van der Waals surface area contributed by atoms with Gasteiger partial charge >= 0.3 is 35.7 Å². The molecule has 0 N–H and O–H groups in total. The van der Waals surface area contributed by atoms with Crippen molar-refractivity contribution in [3.63, 3.8) is 0 Å². The van der Waals surface area contributed by atoms with Crippen LogP contribution in [0, 0.1) is 0 Å². The van der Waals surface area contributed by atoms with Crippen LogP contribution in [0.5, 0.6) is 5.75 Å². The predicted octanol–water partition coefficient (Wildman–Crippen LogP) is 1.30. The van der Waals surface area contributed by atoms with Crippen molar-refractivity contribution in [2.75, 3.05) is 0 Å². The number of rotatable bonds is 2. The second-order valence-electron chi connectivity index (χ2n) is 2.19. The second-order valence-corrected chi connectivity index (χ2v) is 2.52. The Labute approximate surface area is 104 Å². The molecule has 0 fully saturated rings. The van der Waals surface area contributed by atoms with Crippen LogP contribution in [-0.2, 0) is 18.1 Å². The van der Waals surface area contributed by atoms with Crippen molar-refractivity contribution in [1.29, 1.82) is 0 Å². The molecule has 0 amide bonds. The molecule has 0 aliphatic rings. The first kappa shape index (κ1) is 14.0. The Balaban J connectivity index is 0.00000169. The zero-order chi connectivity index (χ0) is 9.90. The summed E-state index contributed by atoms with van der Waals surface area (Å²) in [7, 11) is 0. The van der Waals surface area contributed by atoms with Crippen molar-refractivity contribution in [1.82, 2.24) is 0 Å². The molecule has 0 saturated carbocycles. The van der Waals surface area contributed by atoms with E-state index in [1.807, 2.05) is 0 Å². The van der Waals surface area contributed by atoms with Crippen molar-refractivity contribution in [2.24, 2.45) is 0 Å². The van der Waals surface area contributed by atoms with Crippen LogP contribution in [0.3, 0.4) is 0 Å². The van der Waals surface area contributed by atoms with Gasteiger partial charge in [-0.05, 0) is 24.3 Å². The molecule has 2 nitrogen and oxygen atoms in total. The van der Waals surface area contributed by atoms with E-state index in [0.29, 0.717) is 0 Å². The number of alkyl halides is 3. The van der Waals surface area contributed by atoms with Crippen LogP contribution >= 0.6 is 0 Å². The molecule has 14 heavy (non-hydrogen) atoms. The minimum absolute atomic E-state index is 0. The van der Waals surface area contributed by atoms with Gasteiger partial charge in [-0.2, -0.15) is 13.2 Å². The molecule has 0 unspecified atom stereocenters. The molecule has 1 aromatic carbocycles. The number of hydrogen-bond donors (Lipinski definition) is 1. The number of thiol groups is 1. The van der Waals surface area contributed by atoms with Crippen LogP contribution in [0.25, 0.3) is 0 Å². The summed E-state index contributed by atoms with van der Waals surface area (Å²) in [5.74, 6) is 0.129. The van der Waals surface area contributed by atoms with Crippen molar-refractivity contribution < 1.29 is 21.6 Å². The van der Waals surface area contributed by atoms with E-state index in [1.54, 1.807) is 0 Å². The average Bonchev–Trinajstić information content (AvgIpc) is 2.04. The van der Waals surface area contributed by atoms with Gasteiger partial charge in [0.05, 0.1) is 5.56 Å². The topological polar surface area (TPSA) is 26.3 Å². The van der Waals surface area contributed by atoms with Gasteiger partial charge in [-0.15, -0.1) is 0 Å². The van der Waals surface area contributed by atoms with Crippen LogP contribution < -0.4 is 4.18 Å². The third-order valence-corrected chi connectivity index (χ3v) is 1.61. The van der Waals surface area contributed by atoms with Crippen LogP contribution in [0.2, 0.25) is 0 Å². The van der Waals surface area contributed by atoms with Crippen molar-refractivity contribution >= 4 is 41.5 Å². The Hall–Kier alpha value is -0.0400. The molecule has 0 saturated heterocycles. The van der Waals surface area contributed by atoms with Gasteiger partial charge in [0, 0.05) is 0 Å². The zero-order valence-corrected chi connectivity index (χ0v) is 7.10. The van der Waals surface area contributed by atoms with E-state index >= 15 is 0 Å². The first-order valence-corrected chi connectivity index (χ1v) is 3.94. The van der Waals surface area contributed by atoms with Crippen molar-refractivity contribution in [3.05, 3.63) is 29.8 Å². The fourth-order valence-electron chi connectivity index (χ4n) is 0.748. The maximum atomic E-state index is 12.0. The summed E-state index contributed by atoms with van der Waals surface area (Å²) in [6.07, 6.45) is -4.35. The third kappa shape index (κ3) is 4.00. The summed E-state index contributed by atoms with van der Waals surface area (Å²) in [6.45, 7) is 0. The van der Waals surface area contributed by atoms with E-state index in [2.05, 4.69) is 4.18 Å². The summed E-state index contributed by atoms with van der Waals surface area (Å²) in [5, 5.41) is 0. The van der Waals surface area contributed by atoms with E-state index < -0.39 is 23.7 Å². The van der Waals surface area contributed by atoms with Gasteiger partial charge in [0.15, 0.2) is 11.9 Å². The first-order chi connectivity index (χ1) is 6.04. The molecule has 0 spiro atoms. The monoisotopic (exact) mass is 234 g/mol. The van der Waals surface area contributed by atoms with Gasteiger partial charge < -0.3 is 4.18 Å². The molecule has 7 heteroatoms. The number of hydrogen-bond acceptors (Lipinski definition) is 2. The van der Waals surface area contributed by atoms with Gasteiger partial charge in [-0.25, -0.2) is 4.21 Å². The minimum atomic E-state index is -4.35. The van der Waals surface area contributed by atoms with Gasteiger partial charge in [-0.1, -0.05) is 0 Å². The molecule has 0 atom stereocenters. The summed E-state index contributed by atoms with van der Waals surface area (Å²) in [4.78, 5) is 0. The summed E-state index contributed by atoms with van der Waals surface area (Å²) in [5.41, 5.74) is -0.762. The molecule has 0 aliphatic heterocycles. The summed E-state index contributed by atoms with van der Waals surface area (Å²) in [6, 6.07) is 3.93. The fraction of sp³-hybridized carbons (Fsp3) is 0.143. The molecule has 0 aromatic heterocycles. The fourth-order valence-corrected chi connectivity index (χ4v) is 0.956. The molecule has 0 aliphatic carbocycles. The van der Waals surface area contributed by atoms with Crippen LogP contribution in [0.1, 0.15) is 5.56 Å². The number of halogens is 3. The molecule has 1 rings (SSSR count).